The highest BCUT2D eigenvalue weighted by Crippen LogP contribution is 2.18. The Balaban J connectivity index is 2.44. The minimum absolute atomic E-state index is 0.0326. The Hall–Kier alpha value is -1.00. The third kappa shape index (κ3) is 5.66. The van der Waals surface area contributed by atoms with Gasteiger partial charge in [-0.05, 0) is 30.5 Å². The van der Waals surface area contributed by atoms with E-state index in [0.29, 0.717) is 11.7 Å². The number of hydrogen-bond acceptors (Lipinski definition) is 3. The average molecular weight is 281 g/mol. The van der Waals surface area contributed by atoms with Crippen molar-refractivity contribution in [1.82, 2.24) is 0 Å². The van der Waals surface area contributed by atoms with E-state index in [2.05, 4.69) is 19.2 Å². The van der Waals surface area contributed by atoms with Crippen molar-refractivity contribution >= 4 is 23.4 Å². The first-order valence-corrected chi connectivity index (χ1v) is 7.64. The highest BCUT2D eigenvalue weighted by atomic mass is 32.2. The van der Waals surface area contributed by atoms with Crippen molar-refractivity contribution in [2.75, 3.05) is 11.1 Å². The number of nitrogens with one attached hydrogen (secondary N) is 1. The zero-order valence-electron chi connectivity index (χ0n) is 12.0. The maximum atomic E-state index is 11.7. The fourth-order valence-corrected chi connectivity index (χ4v) is 2.26. The number of aliphatic hydroxyl groups is 1. The van der Waals surface area contributed by atoms with Gasteiger partial charge in [0.1, 0.15) is 0 Å². The minimum Gasteiger partial charge on any atom is -0.392 e. The molecule has 0 saturated carbocycles. The third-order valence-corrected chi connectivity index (χ3v) is 4.37. The van der Waals surface area contributed by atoms with E-state index in [4.69, 9.17) is 0 Å². The van der Waals surface area contributed by atoms with E-state index < -0.39 is 6.10 Å². The maximum Gasteiger partial charge on any atom is 0.234 e. The van der Waals surface area contributed by atoms with E-state index in [1.165, 1.54) is 17.3 Å². The van der Waals surface area contributed by atoms with Crippen LogP contribution in [0.3, 0.4) is 0 Å². The second-order valence-electron chi connectivity index (χ2n) is 5.08. The molecule has 0 aliphatic carbocycles. The van der Waals surface area contributed by atoms with Crippen LogP contribution in [0.1, 0.15) is 39.2 Å². The lowest BCUT2D eigenvalue weighted by atomic mass is 10.0. The van der Waals surface area contributed by atoms with E-state index in [-0.39, 0.29) is 11.2 Å². The molecule has 0 spiro atoms. The van der Waals surface area contributed by atoms with Gasteiger partial charge in [-0.2, -0.15) is 0 Å². The van der Waals surface area contributed by atoms with Crippen molar-refractivity contribution in [1.29, 1.82) is 0 Å². The summed E-state index contributed by atoms with van der Waals surface area (Å²) < 4.78 is 0. The van der Waals surface area contributed by atoms with E-state index in [0.717, 1.165) is 5.69 Å². The molecule has 0 aliphatic heterocycles. The molecule has 2 unspecified atom stereocenters. The maximum absolute atomic E-state index is 11.7. The van der Waals surface area contributed by atoms with Gasteiger partial charge in [0.15, 0.2) is 0 Å². The number of hydrogen-bond donors (Lipinski definition) is 2. The number of aliphatic hydroxyl groups excluding tert-OH is 1. The molecule has 2 N–H and O–H groups in total. The SMILES string of the molecule is CC(C)c1ccc(NC(=O)CSC(C)C(C)O)cc1. The molecule has 1 aromatic carbocycles. The van der Waals surface area contributed by atoms with Gasteiger partial charge < -0.3 is 10.4 Å². The van der Waals surface area contributed by atoms with Crippen LogP contribution < -0.4 is 5.32 Å². The van der Waals surface area contributed by atoms with Crippen LogP contribution in [0.25, 0.3) is 0 Å². The molecule has 0 aliphatic rings. The Morgan fingerprint density at radius 1 is 1.21 bits per heavy atom. The van der Waals surface area contributed by atoms with E-state index in [1.807, 2.05) is 31.2 Å². The molecule has 2 atom stereocenters. The number of carbonyl (C=O) groups is 1. The second kappa shape index (κ2) is 7.56. The Morgan fingerprint density at radius 3 is 2.26 bits per heavy atom. The van der Waals surface area contributed by atoms with Gasteiger partial charge in [-0.25, -0.2) is 0 Å². The average Bonchev–Trinajstić information content (AvgIpc) is 2.36. The summed E-state index contributed by atoms with van der Waals surface area (Å²) in [7, 11) is 0. The fourth-order valence-electron chi connectivity index (χ4n) is 1.49. The van der Waals surface area contributed by atoms with Crippen molar-refractivity contribution < 1.29 is 9.90 Å². The van der Waals surface area contributed by atoms with Crippen LogP contribution >= 0.6 is 11.8 Å². The smallest absolute Gasteiger partial charge is 0.234 e. The number of amides is 1. The van der Waals surface area contributed by atoms with Crippen LogP contribution in [0.15, 0.2) is 24.3 Å². The first kappa shape index (κ1) is 16.1. The van der Waals surface area contributed by atoms with Gasteiger partial charge in [0, 0.05) is 10.9 Å². The zero-order chi connectivity index (χ0) is 14.4. The van der Waals surface area contributed by atoms with Crippen LogP contribution in [-0.4, -0.2) is 28.1 Å². The molecule has 3 nitrogen and oxygen atoms in total. The van der Waals surface area contributed by atoms with Crippen LogP contribution in [0.4, 0.5) is 5.69 Å². The third-order valence-electron chi connectivity index (χ3n) is 3.02. The largest absolute Gasteiger partial charge is 0.392 e. The number of benzene rings is 1. The molecule has 106 valence electrons. The molecule has 0 radical (unpaired) electrons. The first-order chi connectivity index (χ1) is 8.90. The van der Waals surface area contributed by atoms with Crippen molar-refractivity contribution in [3.05, 3.63) is 29.8 Å². The molecule has 0 saturated heterocycles. The van der Waals surface area contributed by atoms with Crippen LogP contribution in [0.5, 0.6) is 0 Å². The summed E-state index contributed by atoms with van der Waals surface area (Å²) in [4.78, 5) is 11.7. The summed E-state index contributed by atoms with van der Waals surface area (Å²) in [6.07, 6.45) is -0.400. The molecule has 1 aromatic rings. The topological polar surface area (TPSA) is 49.3 Å². The summed E-state index contributed by atoms with van der Waals surface area (Å²) in [5.41, 5.74) is 2.08. The number of rotatable bonds is 6. The predicted octanol–water partition coefficient (Wildman–Crippen LogP) is 3.25. The molecular formula is C15H23NO2S. The lowest BCUT2D eigenvalue weighted by molar-refractivity contribution is -0.113. The standard InChI is InChI=1S/C15H23NO2S/c1-10(2)13-5-7-14(8-6-13)16-15(18)9-19-12(4)11(3)17/h5-8,10-12,17H,9H2,1-4H3,(H,16,18). The van der Waals surface area contributed by atoms with Crippen molar-refractivity contribution in [2.24, 2.45) is 0 Å². The second-order valence-corrected chi connectivity index (χ2v) is 6.45. The van der Waals surface area contributed by atoms with Crippen molar-refractivity contribution in [3.8, 4) is 0 Å². The lowest BCUT2D eigenvalue weighted by Gasteiger charge is -2.14. The van der Waals surface area contributed by atoms with E-state index >= 15 is 0 Å². The summed E-state index contributed by atoms with van der Waals surface area (Å²) in [5.74, 6) is 0.819. The van der Waals surface area contributed by atoms with Gasteiger partial charge in [-0.1, -0.05) is 32.9 Å². The monoisotopic (exact) mass is 281 g/mol. The van der Waals surface area contributed by atoms with E-state index in [9.17, 15) is 9.90 Å². The lowest BCUT2D eigenvalue weighted by Crippen LogP contribution is -2.20. The normalized spacial score (nSPS) is 14.2. The molecule has 19 heavy (non-hydrogen) atoms. The predicted molar refractivity (Wildman–Crippen MR) is 82.8 cm³/mol. The van der Waals surface area contributed by atoms with E-state index in [1.54, 1.807) is 6.92 Å². The van der Waals surface area contributed by atoms with Gasteiger partial charge in [-0.15, -0.1) is 11.8 Å². The first-order valence-electron chi connectivity index (χ1n) is 6.59. The summed E-state index contributed by atoms with van der Waals surface area (Å²) in [5, 5.41) is 12.3. The van der Waals surface area contributed by atoms with Gasteiger partial charge in [0.05, 0.1) is 11.9 Å². The molecule has 1 rings (SSSR count). The van der Waals surface area contributed by atoms with Crippen LogP contribution in [-0.2, 0) is 4.79 Å². The molecule has 0 heterocycles. The molecule has 4 heteroatoms. The molecular weight excluding hydrogens is 258 g/mol. The summed E-state index contributed by atoms with van der Waals surface area (Å²) >= 11 is 1.46. The summed E-state index contributed by atoms with van der Waals surface area (Å²) in [6.45, 7) is 7.93. The molecule has 0 aromatic heterocycles. The Morgan fingerprint density at radius 2 is 1.79 bits per heavy atom. The quantitative estimate of drug-likeness (QED) is 0.841. The van der Waals surface area contributed by atoms with Gasteiger partial charge >= 0.3 is 0 Å². The Kier molecular flexibility index (Phi) is 6.38. The zero-order valence-corrected chi connectivity index (χ0v) is 12.8. The number of carbonyl (C=O) groups excluding carboxylic acids is 1. The van der Waals surface area contributed by atoms with Crippen molar-refractivity contribution in [2.45, 2.75) is 45.0 Å². The fraction of sp³-hybridized carbons (Fsp3) is 0.533. The summed E-state index contributed by atoms with van der Waals surface area (Å²) in [6, 6.07) is 7.92. The highest BCUT2D eigenvalue weighted by molar-refractivity contribution is 8.00. The van der Waals surface area contributed by atoms with Gasteiger partial charge in [-0.3, -0.25) is 4.79 Å². The highest BCUT2D eigenvalue weighted by Gasteiger charge is 2.11. The van der Waals surface area contributed by atoms with Crippen molar-refractivity contribution in [3.63, 3.8) is 0 Å². The Bertz CT molecular complexity index is 401. The molecule has 0 bridgehead atoms. The number of anilines is 1. The van der Waals surface area contributed by atoms with Crippen LogP contribution in [0, 0.1) is 0 Å². The molecule has 0 fully saturated rings. The van der Waals surface area contributed by atoms with Gasteiger partial charge in [0.25, 0.3) is 0 Å². The van der Waals surface area contributed by atoms with Gasteiger partial charge in [0.2, 0.25) is 5.91 Å². The Labute approximate surface area is 119 Å². The minimum atomic E-state index is -0.400. The van der Waals surface area contributed by atoms with Crippen LogP contribution in [0.2, 0.25) is 0 Å². The molecule has 1 amide bonds. The number of thioether (sulfide) groups is 1.